The fourth-order valence-electron chi connectivity index (χ4n) is 3.02. The van der Waals surface area contributed by atoms with Crippen LogP contribution in [0, 0.1) is 0 Å². The Labute approximate surface area is 125 Å². The summed E-state index contributed by atoms with van der Waals surface area (Å²) in [5.74, 6) is 0. The van der Waals surface area contributed by atoms with Crippen LogP contribution in [0.3, 0.4) is 0 Å². The van der Waals surface area contributed by atoms with Crippen molar-refractivity contribution in [3.05, 3.63) is 58.3 Å². The maximum absolute atomic E-state index is 3.74. The van der Waals surface area contributed by atoms with Gasteiger partial charge in [0.25, 0.3) is 0 Å². The van der Waals surface area contributed by atoms with E-state index in [4.69, 9.17) is 0 Å². The molecular formula is C17H22N2S. The number of thiophene rings is 1. The standard InChI is InChI=1S/C17H22N2S/c1-17(16-6-3-2-4-7-16)14-19(10-5-9-18-17)12-15-8-11-20-13-15/h2-4,6-8,11,13,18H,5,9-10,12,14H2,1H3. The lowest BCUT2D eigenvalue weighted by Crippen LogP contribution is -2.46. The van der Waals surface area contributed by atoms with Crippen LogP contribution in [-0.2, 0) is 12.1 Å². The topological polar surface area (TPSA) is 15.3 Å². The molecule has 0 bridgehead atoms. The zero-order valence-corrected chi connectivity index (χ0v) is 12.8. The average Bonchev–Trinajstić information content (AvgIpc) is 2.90. The number of hydrogen-bond acceptors (Lipinski definition) is 3. The van der Waals surface area contributed by atoms with Crippen molar-refractivity contribution in [1.82, 2.24) is 10.2 Å². The fraction of sp³-hybridized carbons (Fsp3) is 0.412. The van der Waals surface area contributed by atoms with Crippen LogP contribution in [0.15, 0.2) is 47.2 Å². The molecule has 1 N–H and O–H groups in total. The van der Waals surface area contributed by atoms with Gasteiger partial charge in [-0.3, -0.25) is 4.90 Å². The van der Waals surface area contributed by atoms with Crippen molar-refractivity contribution in [2.45, 2.75) is 25.4 Å². The number of nitrogens with one attached hydrogen (secondary N) is 1. The number of rotatable bonds is 3. The Balaban J connectivity index is 1.78. The van der Waals surface area contributed by atoms with Crippen molar-refractivity contribution in [3.63, 3.8) is 0 Å². The second kappa shape index (κ2) is 6.08. The predicted molar refractivity (Wildman–Crippen MR) is 86.0 cm³/mol. The quantitative estimate of drug-likeness (QED) is 0.929. The van der Waals surface area contributed by atoms with E-state index < -0.39 is 0 Å². The van der Waals surface area contributed by atoms with Crippen LogP contribution < -0.4 is 5.32 Å². The first-order valence-electron chi connectivity index (χ1n) is 7.30. The molecule has 2 aromatic rings. The number of nitrogens with zero attached hydrogens (tertiary/aromatic N) is 1. The van der Waals surface area contributed by atoms with E-state index in [0.717, 1.165) is 19.6 Å². The molecular weight excluding hydrogens is 264 g/mol. The van der Waals surface area contributed by atoms with Gasteiger partial charge in [0.2, 0.25) is 0 Å². The van der Waals surface area contributed by atoms with Gasteiger partial charge in [-0.1, -0.05) is 30.3 Å². The van der Waals surface area contributed by atoms with E-state index in [1.165, 1.54) is 24.1 Å². The van der Waals surface area contributed by atoms with Gasteiger partial charge in [0.05, 0.1) is 5.54 Å². The van der Waals surface area contributed by atoms with Gasteiger partial charge in [-0.2, -0.15) is 11.3 Å². The van der Waals surface area contributed by atoms with Gasteiger partial charge < -0.3 is 5.32 Å². The normalized spacial score (nSPS) is 24.4. The second-order valence-corrected chi connectivity index (χ2v) is 6.60. The Kier molecular flexibility index (Phi) is 4.20. The molecule has 2 nitrogen and oxygen atoms in total. The Morgan fingerprint density at radius 3 is 2.85 bits per heavy atom. The van der Waals surface area contributed by atoms with Gasteiger partial charge >= 0.3 is 0 Å². The molecule has 1 atom stereocenters. The van der Waals surface area contributed by atoms with E-state index in [0.29, 0.717) is 0 Å². The first-order valence-corrected chi connectivity index (χ1v) is 8.24. The summed E-state index contributed by atoms with van der Waals surface area (Å²) in [6.07, 6.45) is 1.21. The molecule has 1 aromatic carbocycles. The van der Waals surface area contributed by atoms with Gasteiger partial charge in [0, 0.05) is 13.1 Å². The highest BCUT2D eigenvalue weighted by molar-refractivity contribution is 7.07. The zero-order chi connectivity index (χ0) is 13.8. The summed E-state index contributed by atoms with van der Waals surface area (Å²) in [5, 5.41) is 8.18. The van der Waals surface area contributed by atoms with Crippen LogP contribution in [0.5, 0.6) is 0 Å². The van der Waals surface area contributed by atoms with Crippen LogP contribution in [0.2, 0.25) is 0 Å². The number of benzene rings is 1. The van der Waals surface area contributed by atoms with Crippen LogP contribution in [0.1, 0.15) is 24.5 Å². The molecule has 3 rings (SSSR count). The minimum atomic E-state index is 0.0494. The third kappa shape index (κ3) is 3.11. The van der Waals surface area contributed by atoms with Crippen LogP contribution in [0.4, 0.5) is 0 Å². The summed E-state index contributed by atoms with van der Waals surface area (Å²) in [4.78, 5) is 2.58. The highest BCUT2D eigenvalue weighted by Crippen LogP contribution is 2.25. The lowest BCUT2D eigenvalue weighted by Gasteiger charge is -2.34. The van der Waals surface area contributed by atoms with Crippen molar-refractivity contribution in [3.8, 4) is 0 Å². The summed E-state index contributed by atoms with van der Waals surface area (Å²) < 4.78 is 0. The molecule has 0 radical (unpaired) electrons. The maximum Gasteiger partial charge on any atom is 0.0535 e. The van der Waals surface area contributed by atoms with Crippen molar-refractivity contribution in [2.24, 2.45) is 0 Å². The molecule has 0 aliphatic carbocycles. The van der Waals surface area contributed by atoms with Crippen molar-refractivity contribution in [1.29, 1.82) is 0 Å². The van der Waals surface area contributed by atoms with Gasteiger partial charge in [0.15, 0.2) is 0 Å². The Morgan fingerprint density at radius 1 is 1.25 bits per heavy atom. The van der Waals surface area contributed by atoms with E-state index in [2.05, 4.69) is 64.3 Å². The minimum Gasteiger partial charge on any atom is -0.307 e. The Hall–Kier alpha value is -1.16. The van der Waals surface area contributed by atoms with E-state index in [1.54, 1.807) is 11.3 Å². The highest BCUT2D eigenvalue weighted by Gasteiger charge is 2.30. The van der Waals surface area contributed by atoms with Gasteiger partial charge in [-0.15, -0.1) is 0 Å². The van der Waals surface area contributed by atoms with E-state index in [9.17, 15) is 0 Å². The molecule has 0 saturated carbocycles. The van der Waals surface area contributed by atoms with Gasteiger partial charge in [-0.05, 0) is 54.4 Å². The fourth-order valence-corrected chi connectivity index (χ4v) is 3.68. The molecule has 1 aromatic heterocycles. The van der Waals surface area contributed by atoms with Crippen LogP contribution >= 0.6 is 11.3 Å². The van der Waals surface area contributed by atoms with Crippen molar-refractivity contribution < 1.29 is 0 Å². The van der Waals surface area contributed by atoms with E-state index >= 15 is 0 Å². The monoisotopic (exact) mass is 286 g/mol. The predicted octanol–water partition coefficient (Wildman–Crippen LogP) is 3.46. The molecule has 0 spiro atoms. The van der Waals surface area contributed by atoms with Gasteiger partial charge in [0.1, 0.15) is 0 Å². The molecule has 1 aliphatic heterocycles. The van der Waals surface area contributed by atoms with Crippen LogP contribution in [0.25, 0.3) is 0 Å². The Morgan fingerprint density at radius 2 is 2.10 bits per heavy atom. The summed E-state index contributed by atoms with van der Waals surface area (Å²) in [5.41, 5.74) is 2.87. The maximum atomic E-state index is 3.74. The summed E-state index contributed by atoms with van der Waals surface area (Å²) >= 11 is 1.79. The molecule has 1 fully saturated rings. The molecule has 3 heteroatoms. The smallest absolute Gasteiger partial charge is 0.0535 e. The third-order valence-corrected chi connectivity index (χ3v) is 4.84. The lowest BCUT2D eigenvalue weighted by molar-refractivity contribution is 0.213. The molecule has 20 heavy (non-hydrogen) atoms. The van der Waals surface area contributed by atoms with Crippen LogP contribution in [-0.4, -0.2) is 24.5 Å². The third-order valence-electron chi connectivity index (χ3n) is 4.10. The largest absolute Gasteiger partial charge is 0.307 e. The summed E-state index contributed by atoms with van der Waals surface area (Å²) in [6, 6.07) is 13.1. The SMILES string of the molecule is CC1(c2ccccc2)CN(Cc2ccsc2)CCCN1. The zero-order valence-electron chi connectivity index (χ0n) is 12.0. The number of hydrogen-bond donors (Lipinski definition) is 1. The minimum absolute atomic E-state index is 0.0494. The van der Waals surface area contributed by atoms with E-state index in [-0.39, 0.29) is 5.54 Å². The van der Waals surface area contributed by atoms with Crippen molar-refractivity contribution >= 4 is 11.3 Å². The molecule has 106 valence electrons. The first-order chi connectivity index (χ1) is 9.76. The highest BCUT2D eigenvalue weighted by atomic mass is 32.1. The Bertz CT molecular complexity index is 523. The lowest BCUT2D eigenvalue weighted by atomic mass is 9.91. The van der Waals surface area contributed by atoms with Gasteiger partial charge in [-0.25, -0.2) is 0 Å². The van der Waals surface area contributed by atoms with Crippen molar-refractivity contribution in [2.75, 3.05) is 19.6 Å². The molecule has 0 amide bonds. The summed E-state index contributed by atoms with van der Waals surface area (Å²) in [7, 11) is 0. The first kappa shape index (κ1) is 13.8. The molecule has 1 saturated heterocycles. The summed E-state index contributed by atoms with van der Waals surface area (Å²) in [6.45, 7) is 6.71. The molecule has 2 heterocycles. The average molecular weight is 286 g/mol. The molecule has 1 aliphatic rings. The second-order valence-electron chi connectivity index (χ2n) is 5.82. The molecule has 1 unspecified atom stereocenters. The van der Waals surface area contributed by atoms with E-state index in [1.807, 2.05) is 0 Å².